The zero-order chi connectivity index (χ0) is 9.97. The molecule has 0 radical (unpaired) electrons. The molecule has 1 heterocycles. The fourth-order valence-corrected chi connectivity index (χ4v) is 1.50. The van der Waals surface area contributed by atoms with Crippen molar-refractivity contribution in [1.29, 1.82) is 0 Å². The molecule has 0 amide bonds. The second kappa shape index (κ2) is 3.54. The molecule has 0 spiro atoms. The summed E-state index contributed by atoms with van der Waals surface area (Å²) in [5.74, 6) is 0. The minimum atomic E-state index is 1.04. The number of benzene rings is 1. The lowest BCUT2D eigenvalue weighted by Gasteiger charge is -2.07. The van der Waals surface area contributed by atoms with Gasteiger partial charge in [-0.1, -0.05) is 11.6 Å². The molecule has 0 aliphatic rings. The van der Waals surface area contributed by atoms with Crippen LogP contribution in [0.25, 0.3) is 11.3 Å². The Balaban J connectivity index is 2.55. The van der Waals surface area contributed by atoms with Gasteiger partial charge < -0.3 is 10.3 Å². The van der Waals surface area contributed by atoms with Crippen molar-refractivity contribution in [2.24, 2.45) is 0 Å². The second-order valence-electron chi connectivity index (χ2n) is 3.26. The van der Waals surface area contributed by atoms with E-state index in [1.54, 1.807) is 6.33 Å². The Morgan fingerprint density at radius 3 is 2.86 bits per heavy atom. The Kier molecular flexibility index (Phi) is 2.23. The number of imidazole rings is 1. The highest BCUT2D eigenvalue weighted by atomic mass is 14.9. The van der Waals surface area contributed by atoms with Gasteiger partial charge in [0.05, 0.1) is 18.2 Å². The van der Waals surface area contributed by atoms with Gasteiger partial charge in [0.25, 0.3) is 0 Å². The number of aryl methyl sites for hydroxylation is 1. The van der Waals surface area contributed by atoms with Gasteiger partial charge in [0.2, 0.25) is 0 Å². The molecule has 0 aliphatic heterocycles. The molecule has 1 aromatic heterocycles. The van der Waals surface area contributed by atoms with Crippen molar-refractivity contribution < 1.29 is 0 Å². The third-order valence-electron chi connectivity index (χ3n) is 2.23. The molecular formula is C11H13N3. The topological polar surface area (TPSA) is 40.7 Å². The first kappa shape index (κ1) is 8.81. The molecule has 0 fully saturated rings. The summed E-state index contributed by atoms with van der Waals surface area (Å²) < 4.78 is 0. The normalized spacial score (nSPS) is 10.1. The van der Waals surface area contributed by atoms with Crippen molar-refractivity contribution >= 4 is 5.69 Å². The van der Waals surface area contributed by atoms with Crippen LogP contribution in [0, 0.1) is 6.92 Å². The first-order valence-corrected chi connectivity index (χ1v) is 4.58. The highest BCUT2D eigenvalue weighted by Gasteiger charge is 2.04. The van der Waals surface area contributed by atoms with Crippen LogP contribution in [0.5, 0.6) is 0 Å². The van der Waals surface area contributed by atoms with Crippen LogP contribution in [0.15, 0.2) is 30.7 Å². The third kappa shape index (κ3) is 1.48. The van der Waals surface area contributed by atoms with E-state index in [1.807, 2.05) is 13.2 Å². The fourth-order valence-electron chi connectivity index (χ4n) is 1.50. The lowest BCUT2D eigenvalue weighted by atomic mass is 10.1. The number of aromatic nitrogens is 2. The summed E-state index contributed by atoms with van der Waals surface area (Å²) in [4.78, 5) is 7.12. The average Bonchev–Trinajstić information content (AvgIpc) is 2.70. The minimum Gasteiger partial charge on any atom is -0.388 e. The predicted molar refractivity (Wildman–Crippen MR) is 58.3 cm³/mol. The molecule has 0 saturated heterocycles. The van der Waals surface area contributed by atoms with Crippen molar-refractivity contribution in [3.05, 3.63) is 36.3 Å². The molecule has 0 unspecified atom stereocenters. The number of hydrogen-bond donors (Lipinski definition) is 2. The maximum Gasteiger partial charge on any atom is 0.0924 e. The van der Waals surface area contributed by atoms with Crippen molar-refractivity contribution in [1.82, 2.24) is 9.97 Å². The highest BCUT2D eigenvalue weighted by Crippen LogP contribution is 2.26. The van der Waals surface area contributed by atoms with Gasteiger partial charge in [-0.15, -0.1) is 0 Å². The molecule has 2 N–H and O–H groups in total. The third-order valence-corrected chi connectivity index (χ3v) is 2.23. The Bertz CT molecular complexity index is 418. The van der Waals surface area contributed by atoms with E-state index in [0.29, 0.717) is 0 Å². The van der Waals surface area contributed by atoms with Crippen LogP contribution < -0.4 is 5.32 Å². The molecule has 1 aromatic carbocycles. The Morgan fingerprint density at radius 1 is 1.36 bits per heavy atom. The van der Waals surface area contributed by atoms with Gasteiger partial charge in [0.15, 0.2) is 0 Å². The summed E-state index contributed by atoms with van der Waals surface area (Å²) in [6.07, 6.45) is 3.52. The summed E-state index contributed by atoms with van der Waals surface area (Å²) in [6.45, 7) is 2.08. The molecule has 3 nitrogen and oxygen atoms in total. The van der Waals surface area contributed by atoms with Crippen LogP contribution in [0.2, 0.25) is 0 Å². The quantitative estimate of drug-likeness (QED) is 0.758. The number of nitrogens with one attached hydrogen (secondary N) is 2. The number of hydrogen-bond acceptors (Lipinski definition) is 2. The summed E-state index contributed by atoms with van der Waals surface area (Å²) >= 11 is 0. The van der Waals surface area contributed by atoms with Crippen molar-refractivity contribution in [3.8, 4) is 11.3 Å². The van der Waals surface area contributed by atoms with Crippen LogP contribution in [-0.4, -0.2) is 17.0 Å². The van der Waals surface area contributed by atoms with E-state index >= 15 is 0 Å². The highest BCUT2D eigenvalue weighted by molar-refractivity contribution is 5.75. The van der Waals surface area contributed by atoms with Crippen LogP contribution in [-0.2, 0) is 0 Å². The van der Waals surface area contributed by atoms with Gasteiger partial charge in [0.1, 0.15) is 0 Å². The second-order valence-corrected chi connectivity index (χ2v) is 3.26. The maximum atomic E-state index is 4.02. The summed E-state index contributed by atoms with van der Waals surface area (Å²) in [5.41, 5.74) is 4.55. The van der Waals surface area contributed by atoms with Gasteiger partial charge in [-0.3, -0.25) is 0 Å². The molecule has 3 heteroatoms. The maximum absolute atomic E-state index is 4.02. The van der Waals surface area contributed by atoms with Gasteiger partial charge in [-0.05, 0) is 19.1 Å². The number of rotatable bonds is 2. The molecule has 14 heavy (non-hydrogen) atoms. The summed E-state index contributed by atoms with van der Waals surface area (Å²) in [6, 6.07) is 6.30. The molecule has 0 saturated carbocycles. The van der Waals surface area contributed by atoms with Gasteiger partial charge in [-0.2, -0.15) is 0 Å². The van der Waals surface area contributed by atoms with Crippen LogP contribution in [0.4, 0.5) is 5.69 Å². The van der Waals surface area contributed by atoms with Gasteiger partial charge in [0, 0.05) is 18.3 Å². The van der Waals surface area contributed by atoms with Crippen LogP contribution in [0.1, 0.15) is 5.56 Å². The minimum absolute atomic E-state index is 1.04. The van der Waals surface area contributed by atoms with Crippen molar-refractivity contribution in [2.45, 2.75) is 6.92 Å². The van der Waals surface area contributed by atoms with Crippen LogP contribution in [0.3, 0.4) is 0 Å². The van der Waals surface area contributed by atoms with E-state index in [-0.39, 0.29) is 0 Å². The van der Waals surface area contributed by atoms with E-state index in [0.717, 1.165) is 16.9 Å². The van der Waals surface area contributed by atoms with Gasteiger partial charge in [-0.25, -0.2) is 4.98 Å². The summed E-state index contributed by atoms with van der Waals surface area (Å²) in [7, 11) is 1.92. The van der Waals surface area contributed by atoms with E-state index < -0.39 is 0 Å². The molecule has 72 valence electrons. The predicted octanol–water partition coefficient (Wildman–Crippen LogP) is 2.43. The Labute approximate surface area is 83.2 Å². The largest absolute Gasteiger partial charge is 0.388 e. The molecular weight excluding hydrogens is 174 g/mol. The first-order valence-electron chi connectivity index (χ1n) is 4.58. The zero-order valence-electron chi connectivity index (χ0n) is 8.33. The molecule has 0 aliphatic carbocycles. The Morgan fingerprint density at radius 2 is 2.21 bits per heavy atom. The number of nitrogens with zero attached hydrogens (tertiary/aromatic N) is 1. The monoisotopic (exact) mass is 187 g/mol. The van der Waals surface area contributed by atoms with E-state index in [4.69, 9.17) is 0 Å². The number of anilines is 1. The SMILES string of the molecule is CNc1ccc(C)cc1-c1cnc[nH]1. The summed E-state index contributed by atoms with van der Waals surface area (Å²) in [5, 5.41) is 3.16. The number of H-pyrrole nitrogens is 1. The molecule has 2 rings (SSSR count). The van der Waals surface area contributed by atoms with Crippen molar-refractivity contribution in [3.63, 3.8) is 0 Å². The lowest BCUT2D eigenvalue weighted by molar-refractivity contribution is 1.31. The zero-order valence-corrected chi connectivity index (χ0v) is 8.33. The number of aromatic amines is 1. The fraction of sp³-hybridized carbons (Fsp3) is 0.182. The van der Waals surface area contributed by atoms with Crippen molar-refractivity contribution in [2.75, 3.05) is 12.4 Å². The first-order chi connectivity index (χ1) is 6.81. The Hall–Kier alpha value is -1.77. The molecule has 0 bridgehead atoms. The lowest BCUT2D eigenvalue weighted by Crippen LogP contribution is -1.92. The van der Waals surface area contributed by atoms with E-state index in [1.165, 1.54) is 5.56 Å². The van der Waals surface area contributed by atoms with Gasteiger partial charge >= 0.3 is 0 Å². The van der Waals surface area contributed by atoms with E-state index in [9.17, 15) is 0 Å². The molecule has 2 aromatic rings. The average molecular weight is 187 g/mol. The molecule has 0 atom stereocenters. The smallest absolute Gasteiger partial charge is 0.0924 e. The standard InChI is InChI=1S/C11H13N3/c1-8-3-4-10(12-2)9(5-8)11-6-13-7-14-11/h3-7,12H,1-2H3,(H,13,14). The van der Waals surface area contributed by atoms with E-state index in [2.05, 4.69) is 40.4 Å². The van der Waals surface area contributed by atoms with Crippen LogP contribution >= 0.6 is 0 Å².